The van der Waals surface area contributed by atoms with Crippen LogP contribution < -0.4 is 10.6 Å². The second-order valence-electron chi connectivity index (χ2n) is 9.65. The second kappa shape index (κ2) is 10.7. The first-order valence-corrected chi connectivity index (χ1v) is 12.9. The smallest absolute Gasteiger partial charge is 0.346 e. The van der Waals surface area contributed by atoms with Crippen LogP contribution in [0.15, 0.2) is 54.6 Å². The minimum absolute atomic E-state index is 0.0200. The maximum atomic E-state index is 14.5. The van der Waals surface area contributed by atoms with Crippen LogP contribution >= 0.6 is 11.8 Å². The van der Waals surface area contributed by atoms with Gasteiger partial charge in [0.2, 0.25) is 0 Å². The van der Waals surface area contributed by atoms with Crippen LogP contribution in [0.1, 0.15) is 45.7 Å². The molecule has 0 aliphatic rings. The molecule has 0 radical (unpaired) electrons. The average Bonchev–Trinajstić information content (AvgIpc) is 2.82. The Labute approximate surface area is 224 Å². The van der Waals surface area contributed by atoms with Crippen molar-refractivity contribution in [3.63, 3.8) is 0 Å². The van der Waals surface area contributed by atoms with Crippen molar-refractivity contribution in [3.8, 4) is 0 Å². The zero-order valence-electron chi connectivity index (χ0n) is 21.3. The fraction of sp³-hybridized carbons (Fsp3) is 0.333. The molecule has 39 heavy (non-hydrogen) atoms. The van der Waals surface area contributed by atoms with Crippen LogP contribution in [0.2, 0.25) is 0 Å². The van der Waals surface area contributed by atoms with E-state index >= 15 is 0 Å². The lowest BCUT2D eigenvalue weighted by molar-refractivity contribution is -0.348. The molecule has 0 aromatic heterocycles. The lowest BCUT2D eigenvalue weighted by atomic mass is 9.92. The average molecular weight is 575 g/mol. The van der Waals surface area contributed by atoms with Gasteiger partial charge < -0.3 is 10.6 Å². The van der Waals surface area contributed by atoms with Crippen molar-refractivity contribution < 1.29 is 40.3 Å². The third kappa shape index (κ3) is 6.15. The van der Waals surface area contributed by atoms with Gasteiger partial charge in [-0.3, -0.25) is 9.59 Å². The second-order valence-corrected chi connectivity index (χ2v) is 10.5. The summed E-state index contributed by atoms with van der Waals surface area (Å²) in [5.41, 5.74) is -8.34. The maximum absolute atomic E-state index is 14.5. The van der Waals surface area contributed by atoms with Crippen molar-refractivity contribution >= 4 is 40.0 Å². The first-order valence-electron chi connectivity index (χ1n) is 11.5. The molecular formula is C27H25F7N2O2S. The van der Waals surface area contributed by atoms with E-state index in [1.165, 1.54) is 23.9 Å². The molecule has 2 N–H and O–H groups in total. The molecule has 3 aromatic carbocycles. The normalized spacial score (nSPS) is 12.9. The SMILES string of the molecule is CSCC(C)(C)NC(=O)c1cc2ccccc2cc1C(=O)Nc1ccc(C(F)(C(F)(F)F)C(F)(F)F)cc1C. The number of carbonyl (C=O) groups is 2. The molecule has 4 nitrogen and oxygen atoms in total. The Hall–Kier alpha value is -3.28. The monoisotopic (exact) mass is 574 g/mol. The summed E-state index contributed by atoms with van der Waals surface area (Å²) < 4.78 is 93.4. The number of amides is 2. The quantitative estimate of drug-likeness (QED) is 0.287. The van der Waals surface area contributed by atoms with E-state index in [1.807, 2.05) is 6.26 Å². The summed E-state index contributed by atoms with van der Waals surface area (Å²) in [6.45, 7) is 4.74. The Kier molecular flexibility index (Phi) is 8.31. The maximum Gasteiger partial charge on any atom is 0.435 e. The number of halogens is 7. The predicted molar refractivity (Wildman–Crippen MR) is 138 cm³/mol. The van der Waals surface area contributed by atoms with Gasteiger partial charge in [-0.2, -0.15) is 38.1 Å². The predicted octanol–water partition coefficient (Wildman–Crippen LogP) is 7.56. The van der Waals surface area contributed by atoms with Crippen molar-refractivity contribution in [1.29, 1.82) is 0 Å². The van der Waals surface area contributed by atoms with Gasteiger partial charge in [-0.05, 0) is 61.6 Å². The van der Waals surface area contributed by atoms with Crippen molar-refractivity contribution in [2.24, 2.45) is 0 Å². The molecule has 210 valence electrons. The summed E-state index contributed by atoms with van der Waals surface area (Å²) in [5, 5.41) is 6.57. The summed E-state index contributed by atoms with van der Waals surface area (Å²) in [5.74, 6) is -0.803. The highest BCUT2D eigenvalue weighted by molar-refractivity contribution is 7.98. The van der Waals surface area contributed by atoms with Gasteiger partial charge in [-0.25, -0.2) is 4.39 Å². The molecule has 0 aliphatic carbocycles. The Morgan fingerprint density at radius 1 is 0.795 bits per heavy atom. The zero-order valence-corrected chi connectivity index (χ0v) is 22.1. The topological polar surface area (TPSA) is 58.2 Å². The van der Waals surface area contributed by atoms with E-state index in [0.717, 1.165) is 13.0 Å². The molecule has 0 heterocycles. The first kappa shape index (κ1) is 30.3. The third-order valence-electron chi connectivity index (χ3n) is 5.99. The zero-order chi connectivity index (χ0) is 29.4. The molecule has 2 amide bonds. The number of hydrogen-bond donors (Lipinski definition) is 2. The molecule has 0 saturated carbocycles. The highest BCUT2D eigenvalue weighted by Crippen LogP contribution is 2.53. The molecule has 0 unspecified atom stereocenters. The minimum atomic E-state index is -6.26. The number of hydrogen-bond acceptors (Lipinski definition) is 3. The lowest BCUT2D eigenvalue weighted by Gasteiger charge is -2.30. The summed E-state index contributed by atoms with van der Waals surface area (Å²) in [4.78, 5) is 26.5. The van der Waals surface area contributed by atoms with Crippen LogP contribution in [0.3, 0.4) is 0 Å². The molecule has 3 aromatic rings. The standard InChI is InChI=1S/C27H25F7N2O2S/c1-15-11-18(25(28,26(29,30)31)27(32,33)34)9-10-21(15)35-22(37)19-12-16-7-5-6-8-17(16)13-20(19)23(38)36-24(2,3)14-39-4/h5-13H,14H2,1-4H3,(H,35,37)(H,36,38). The molecule has 0 atom stereocenters. The largest absolute Gasteiger partial charge is 0.435 e. The van der Waals surface area contributed by atoms with Gasteiger partial charge in [0.25, 0.3) is 11.8 Å². The van der Waals surface area contributed by atoms with E-state index in [2.05, 4.69) is 10.6 Å². The summed E-state index contributed by atoms with van der Waals surface area (Å²) in [6, 6.07) is 11.4. The number of nitrogens with one attached hydrogen (secondary N) is 2. The summed E-state index contributed by atoms with van der Waals surface area (Å²) >= 11 is 1.51. The number of alkyl halides is 7. The minimum Gasteiger partial charge on any atom is -0.346 e. The number of rotatable bonds is 7. The Morgan fingerprint density at radius 2 is 1.31 bits per heavy atom. The van der Waals surface area contributed by atoms with Gasteiger partial charge in [-0.15, -0.1) is 0 Å². The molecule has 0 fully saturated rings. The number of anilines is 1. The van der Waals surface area contributed by atoms with E-state index in [0.29, 0.717) is 28.7 Å². The summed E-state index contributed by atoms with van der Waals surface area (Å²) in [6.07, 6.45) is -10.7. The van der Waals surface area contributed by atoms with E-state index in [1.54, 1.807) is 38.1 Å². The number of fused-ring (bicyclic) bond motifs is 1. The van der Waals surface area contributed by atoms with Crippen molar-refractivity contribution in [2.45, 2.75) is 44.3 Å². The molecule has 3 rings (SSSR count). The van der Waals surface area contributed by atoms with Crippen molar-refractivity contribution in [3.05, 3.63) is 76.9 Å². The van der Waals surface area contributed by atoms with Gasteiger partial charge in [0, 0.05) is 22.5 Å². The van der Waals surface area contributed by atoms with E-state index < -0.39 is 40.9 Å². The lowest BCUT2D eigenvalue weighted by Crippen LogP contribution is -2.50. The van der Waals surface area contributed by atoms with Crippen molar-refractivity contribution in [2.75, 3.05) is 17.3 Å². The molecule has 0 spiro atoms. The van der Waals surface area contributed by atoms with Crippen LogP contribution in [-0.2, 0) is 5.67 Å². The van der Waals surface area contributed by atoms with Crippen LogP contribution in [0.5, 0.6) is 0 Å². The number of carbonyl (C=O) groups excluding carboxylic acids is 2. The molecule has 12 heteroatoms. The van der Waals surface area contributed by atoms with Gasteiger partial charge in [-0.1, -0.05) is 36.4 Å². The first-order chi connectivity index (χ1) is 17.9. The number of benzene rings is 3. The Morgan fingerprint density at radius 3 is 1.77 bits per heavy atom. The Bertz CT molecular complexity index is 1390. The molecular weight excluding hydrogens is 549 g/mol. The van der Waals surface area contributed by atoms with Crippen molar-refractivity contribution in [1.82, 2.24) is 5.32 Å². The highest BCUT2D eigenvalue weighted by atomic mass is 32.2. The number of aryl methyl sites for hydroxylation is 1. The Balaban J connectivity index is 2.02. The van der Waals surface area contributed by atoms with Crippen LogP contribution in [0, 0.1) is 6.92 Å². The van der Waals surface area contributed by atoms with Crippen LogP contribution in [0.25, 0.3) is 10.8 Å². The van der Waals surface area contributed by atoms with Gasteiger partial charge in [0.1, 0.15) is 0 Å². The van der Waals surface area contributed by atoms with Gasteiger partial charge in [0.05, 0.1) is 11.1 Å². The fourth-order valence-electron chi connectivity index (χ4n) is 4.08. The fourth-order valence-corrected chi connectivity index (χ4v) is 4.88. The van der Waals surface area contributed by atoms with E-state index in [4.69, 9.17) is 0 Å². The highest BCUT2D eigenvalue weighted by Gasteiger charge is 2.73. The molecule has 0 aliphatic heterocycles. The van der Waals surface area contributed by atoms with E-state index in [-0.39, 0.29) is 22.4 Å². The molecule has 0 saturated heterocycles. The van der Waals surface area contributed by atoms with E-state index in [9.17, 15) is 40.3 Å². The third-order valence-corrected chi connectivity index (χ3v) is 7.00. The van der Waals surface area contributed by atoms with Crippen LogP contribution in [0.4, 0.5) is 36.4 Å². The summed E-state index contributed by atoms with van der Waals surface area (Å²) in [7, 11) is 0. The number of thioether (sulfide) groups is 1. The van der Waals surface area contributed by atoms with Gasteiger partial charge >= 0.3 is 18.0 Å². The van der Waals surface area contributed by atoms with Crippen LogP contribution in [-0.4, -0.2) is 41.7 Å². The molecule has 0 bridgehead atoms. The van der Waals surface area contributed by atoms with Gasteiger partial charge in [0.15, 0.2) is 0 Å².